The molecule has 0 radical (unpaired) electrons. The third kappa shape index (κ3) is 2.17. The molecule has 2 N–H and O–H groups in total. The van der Waals surface area contributed by atoms with E-state index >= 15 is 0 Å². The number of phenolic OH excluding ortho intramolecular Hbond substituents is 1. The Hall–Kier alpha value is -2.60. The van der Waals surface area contributed by atoms with E-state index in [2.05, 4.69) is 15.4 Å². The van der Waals surface area contributed by atoms with E-state index < -0.39 is 0 Å². The standard InChI is InChI=1S/C13H9ClN4O2/c14-10-5-8(19)1-2-11(10)17-13(20)9-6-16-18-4-3-15-7-12(9)18/h1-7,19H,(H,17,20). The van der Waals surface area contributed by atoms with E-state index in [0.29, 0.717) is 16.8 Å². The molecule has 0 fully saturated rings. The van der Waals surface area contributed by atoms with E-state index in [1.807, 2.05) is 0 Å². The van der Waals surface area contributed by atoms with Gasteiger partial charge in [0, 0.05) is 18.5 Å². The van der Waals surface area contributed by atoms with Crippen LogP contribution in [0.15, 0.2) is 43.0 Å². The van der Waals surface area contributed by atoms with Crippen LogP contribution in [0.1, 0.15) is 10.4 Å². The first-order chi connectivity index (χ1) is 9.65. The summed E-state index contributed by atoms with van der Waals surface area (Å²) < 4.78 is 1.56. The smallest absolute Gasteiger partial charge is 0.259 e. The lowest BCUT2D eigenvalue weighted by Gasteiger charge is -2.06. The summed E-state index contributed by atoms with van der Waals surface area (Å²) in [4.78, 5) is 16.2. The van der Waals surface area contributed by atoms with Crippen LogP contribution in [0, 0.1) is 0 Å². The van der Waals surface area contributed by atoms with Crippen LogP contribution in [-0.2, 0) is 0 Å². The van der Waals surface area contributed by atoms with Crippen molar-refractivity contribution in [2.45, 2.75) is 0 Å². The second-order valence-electron chi connectivity index (χ2n) is 4.08. The number of hydrogen-bond acceptors (Lipinski definition) is 4. The second-order valence-corrected chi connectivity index (χ2v) is 4.49. The average molecular weight is 289 g/mol. The largest absolute Gasteiger partial charge is 0.508 e. The van der Waals surface area contributed by atoms with Crippen molar-refractivity contribution in [1.82, 2.24) is 14.6 Å². The first kappa shape index (κ1) is 12.4. The Labute approximate surface area is 118 Å². The van der Waals surface area contributed by atoms with Crippen LogP contribution in [0.5, 0.6) is 5.75 Å². The van der Waals surface area contributed by atoms with Gasteiger partial charge in [-0.05, 0) is 12.1 Å². The Morgan fingerprint density at radius 3 is 3.00 bits per heavy atom. The molecule has 0 aliphatic rings. The van der Waals surface area contributed by atoms with Gasteiger partial charge in [0.25, 0.3) is 5.91 Å². The molecule has 0 aliphatic carbocycles. The number of rotatable bonds is 2. The number of fused-ring (bicyclic) bond motifs is 1. The molecule has 20 heavy (non-hydrogen) atoms. The maximum absolute atomic E-state index is 12.2. The average Bonchev–Trinajstić information content (AvgIpc) is 2.86. The number of aromatic nitrogens is 3. The molecule has 0 unspecified atom stereocenters. The molecule has 2 heterocycles. The molecule has 0 saturated carbocycles. The van der Waals surface area contributed by atoms with Crippen LogP contribution in [0.2, 0.25) is 5.02 Å². The second kappa shape index (κ2) is 4.82. The zero-order valence-electron chi connectivity index (χ0n) is 10.1. The van der Waals surface area contributed by atoms with Gasteiger partial charge in [0.05, 0.1) is 34.2 Å². The highest BCUT2D eigenvalue weighted by molar-refractivity contribution is 6.34. The van der Waals surface area contributed by atoms with Gasteiger partial charge in [0.1, 0.15) is 5.75 Å². The third-order valence-corrected chi connectivity index (χ3v) is 3.08. The zero-order valence-corrected chi connectivity index (χ0v) is 10.9. The molecule has 100 valence electrons. The summed E-state index contributed by atoms with van der Waals surface area (Å²) in [6.07, 6.45) is 6.25. The van der Waals surface area contributed by atoms with Crippen molar-refractivity contribution in [3.05, 3.63) is 53.6 Å². The van der Waals surface area contributed by atoms with Crippen LogP contribution < -0.4 is 5.32 Å². The van der Waals surface area contributed by atoms with E-state index in [9.17, 15) is 9.90 Å². The van der Waals surface area contributed by atoms with Crippen LogP contribution in [0.4, 0.5) is 5.69 Å². The molecule has 0 aliphatic heterocycles. The van der Waals surface area contributed by atoms with Gasteiger partial charge in [-0.15, -0.1) is 0 Å². The van der Waals surface area contributed by atoms with Crippen molar-refractivity contribution in [1.29, 1.82) is 0 Å². The molecule has 0 bridgehead atoms. The summed E-state index contributed by atoms with van der Waals surface area (Å²) in [5.41, 5.74) is 1.40. The number of nitrogens with one attached hydrogen (secondary N) is 1. The van der Waals surface area contributed by atoms with Gasteiger partial charge < -0.3 is 10.4 Å². The lowest BCUT2D eigenvalue weighted by Crippen LogP contribution is -2.12. The fourth-order valence-electron chi connectivity index (χ4n) is 1.80. The molecule has 2 aromatic heterocycles. The van der Waals surface area contributed by atoms with Crippen molar-refractivity contribution >= 4 is 28.7 Å². The van der Waals surface area contributed by atoms with Crippen molar-refractivity contribution in [3.8, 4) is 5.75 Å². The number of anilines is 1. The lowest BCUT2D eigenvalue weighted by molar-refractivity contribution is 0.102. The molecule has 1 aromatic carbocycles. The molecular formula is C13H9ClN4O2. The number of phenols is 1. The first-order valence-electron chi connectivity index (χ1n) is 5.72. The van der Waals surface area contributed by atoms with Gasteiger partial charge in [-0.3, -0.25) is 9.78 Å². The number of carbonyl (C=O) groups excluding carboxylic acids is 1. The summed E-state index contributed by atoms with van der Waals surface area (Å²) >= 11 is 5.95. The highest BCUT2D eigenvalue weighted by Crippen LogP contribution is 2.26. The van der Waals surface area contributed by atoms with Gasteiger partial charge in [-0.25, -0.2) is 4.52 Å². The van der Waals surface area contributed by atoms with Gasteiger partial charge in [0.15, 0.2) is 0 Å². The van der Waals surface area contributed by atoms with Gasteiger partial charge in [-0.1, -0.05) is 11.6 Å². The molecule has 1 amide bonds. The SMILES string of the molecule is O=C(Nc1ccc(O)cc1Cl)c1cnn2ccncc12. The van der Waals surface area contributed by atoms with Crippen molar-refractivity contribution in [3.63, 3.8) is 0 Å². The minimum atomic E-state index is -0.347. The van der Waals surface area contributed by atoms with Crippen LogP contribution in [-0.4, -0.2) is 25.6 Å². The number of benzene rings is 1. The summed E-state index contributed by atoms with van der Waals surface area (Å²) in [5, 5.41) is 16.3. The van der Waals surface area contributed by atoms with E-state index in [1.165, 1.54) is 24.4 Å². The zero-order chi connectivity index (χ0) is 14.1. The van der Waals surface area contributed by atoms with Crippen LogP contribution in [0.3, 0.4) is 0 Å². The van der Waals surface area contributed by atoms with Gasteiger partial charge in [0.2, 0.25) is 0 Å². The van der Waals surface area contributed by atoms with Crippen LogP contribution >= 0.6 is 11.6 Å². The highest BCUT2D eigenvalue weighted by Gasteiger charge is 2.14. The monoisotopic (exact) mass is 288 g/mol. The molecule has 3 rings (SSSR count). The maximum Gasteiger partial charge on any atom is 0.259 e. The minimum Gasteiger partial charge on any atom is -0.508 e. The Morgan fingerprint density at radius 2 is 2.20 bits per heavy atom. The molecular weight excluding hydrogens is 280 g/mol. The van der Waals surface area contributed by atoms with Crippen molar-refractivity contribution in [2.24, 2.45) is 0 Å². The summed E-state index contributed by atoms with van der Waals surface area (Å²) in [6.45, 7) is 0. The predicted molar refractivity (Wildman–Crippen MR) is 74.1 cm³/mol. The van der Waals surface area contributed by atoms with E-state index in [0.717, 1.165) is 0 Å². The summed E-state index contributed by atoms with van der Waals surface area (Å²) in [6, 6.07) is 4.33. The fraction of sp³-hybridized carbons (Fsp3) is 0. The molecule has 7 heteroatoms. The Morgan fingerprint density at radius 1 is 1.35 bits per heavy atom. The van der Waals surface area contributed by atoms with E-state index in [-0.39, 0.29) is 16.7 Å². The third-order valence-electron chi connectivity index (χ3n) is 2.77. The summed E-state index contributed by atoms with van der Waals surface area (Å²) in [5.74, 6) is -0.311. The minimum absolute atomic E-state index is 0.0354. The highest BCUT2D eigenvalue weighted by atomic mass is 35.5. The lowest BCUT2D eigenvalue weighted by atomic mass is 10.2. The Balaban J connectivity index is 1.93. The van der Waals surface area contributed by atoms with E-state index in [4.69, 9.17) is 11.6 Å². The molecule has 0 spiro atoms. The number of nitrogens with zero attached hydrogens (tertiary/aromatic N) is 3. The topological polar surface area (TPSA) is 79.5 Å². The molecule has 0 saturated heterocycles. The number of amides is 1. The quantitative estimate of drug-likeness (QED) is 0.709. The number of hydrogen-bond donors (Lipinski definition) is 2. The number of halogens is 1. The number of carbonyl (C=O) groups is 1. The predicted octanol–water partition coefficient (Wildman–Crippen LogP) is 2.34. The van der Waals surface area contributed by atoms with E-state index in [1.54, 1.807) is 23.1 Å². The molecule has 0 atom stereocenters. The molecule has 3 aromatic rings. The Bertz CT molecular complexity index is 800. The van der Waals surface area contributed by atoms with Crippen molar-refractivity contribution < 1.29 is 9.90 Å². The van der Waals surface area contributed by atoms with Crippen molar-refractivity contribution in [2.75, 3.05) is 5.32 Å². The van der Waals surface area contributed by atoms with Gasteiger partial charge >= 0.3 is 0 Å². The molecule has 6 nitrogen and oxygen atoms in total. The summed E-state index contributed by atoms with van der Waals surface area (Å²) in [7, 11) is 0. The fourth-order valence-corrected chi connectivity index (χ4v) is 2.03. The normalized spacial score (nSPS) is 10.7. The maximum atomic E-state index is 12.2. The first-order valence-corrected chi connectivity index (χ1v) is 6.10. The van der Waals surface area contributed by atoms with Crippen LogP contribution in [0.25, 0.3) is 5.52 Å². The number of aromatic hydroxyl groups is 1. The van der Waals surface area contributed by atoms with Gasteiger partial charge in [-0.2, -0.15) is 5.10 Å². The Kier molecular flexibility index (Phi) is 3.00.